The maximum absolute atomic E-state index is 5.96. The van der Waals surface area contributed by atoms with Gasteiger partial charge in [-0.3, -0.25) is 0 Å². The van der Waals surface area contributed by atoms with Crippen molar-refractivity contribution >= 4 is 21.9 Å². The zero-order valence-electron chi connectivity index (χ0n) is 14.8. The summed E-state index contributed by atoms with van der Waals surface area (Å²) in [4.78, 5) is 0. The van der Waals surface area contributed by atoms with Crippen LogP contribution in [0.3, 0.4) is 0 Å². The van der Waals surface area contributed by atoms with Crippen LogP contribution in [0, 0.1) is 0 Å². The third-order valence-electron chi connectivity index (χ3n) is 5.26. The van der Waals surface area contributed by atoms with Crippen LogP contribution in [0.2, 0.25) is 0 Å². The summed E-state index contributed by atoms with van der Waals surface area (Å²) in [6, 6.07) is 23.7. The van der Waals surface area contributed by atoms with Gasteiger partial charge in [0, 0.05) is 16.7 Å². The van der Waals surface area contributed by atoms with Crippen LogP contribution in [0.4, 0.5) is 0 Å². The largest absolute Gasteiger partial charge is 0.456 e. The van der Waals surface area contributed by atoms with Crippen molar-refractivity contribution < 1.29 is 4.42 Å². The van der Waals surface area contributed by atoms with Crippen LogP contribution in [0.5, 0.6) is 0 Å². The van der Waals surface area contributed by atoms with Crippen LogP contribution in [0.25, 0.3) is 33.1 Å². The molecular formula is C25H20O. The fourth-order valence-electron chi connectivity index (χ4n) is 3.93. The Labute approximate surface area is 153 Å². The van der Waals surface area contributed by atoms with Gasteiger partial charge in [0.05, 0.1) is 0 Å². The first-order valence-electron chi connectivity index (χ1n) is 9.14. The fraction of sp³-hybridized carbons (Fsp3) is 0.120. The number of hydrogen-bond acceptors (Lipinski definition) is 1. The van der Waals surface area contributed by atoms with Crippen molar-refractivity contribution in [2.75, 3.05) is 0 Å². The van der Waals surface area contributed by atoms with Crippen molar-refractivity contribution in [2.45, 2.75) is 19.3 Å². The first kappa shape index (κ1) is 15.2. The molecule has 1 aliphatic rings. The second-order valence-electron chi connectivity index (χ2n) is 7.09. The smallest absolute Gasteiger partial charge is 0.135 e. The average molecular weight is 336 g/mol. The molecule has 1 nitrogen and oxygen atoms in total. The normalized spacial score (nSPS) is 17.0. The van der Waals surface area contributed by atoms with E-state index in [-0.39, 0.29) is 0 Å². The van der Waals surface area contributed by atoms with E-state index in [0.717, 1.165) is 17.6 Å². The minimum Gasteiger partial charge on any atom is -0.456 e. The van der Waals surface area contributed by atoms with Gasteiger partial charge < -0.3 is 4.42 Å². The number of furan rings is 1. The molecule has 0 saturated carbocycles. The van der Waals surface area contributed by atoms with Gasteiger partial charge in [0.1, 0.15) is 11.2 Å². The molecular weight excluding hydrogens is 316 g/mol. The van der Waals surface area contributed by atoms with Crippen molar-refractivity contribution in [3.8, 4) is 11.1 Å². The second kappa shape index (κ2) is 6.03. The third kappa shape index (κ3) is 2.57. The van der Waals surface area contributed by atoms with E-state index < -0.39 is 0 Å². The maximum atomic E-state index is 5.96. The summed E-state index contributed by atoms with van der Waals surface area (Å²) in [6.45, 7) is 2.17. The van der Waals surface area contributed by atoms with Gasteiger partial charge in [-0.25, -0.2) is 0 Å². The van der Waals surface area contributed by atoms with Crippen LogP contribution in [-0.4, -0.2) is 0 Å². The molecule has 126 valence electrons. The molecule has 1 unspecified atom stereocenters. The molecule has 4 aromatic rings. The first-order chi connectivity index (χ1) is 12.8. The molecule has 0 amide bonds. The summed E-state index contributed by atoms with van der Waals surface area (Å²) in [7, 11) is 0. The molecule has 3 aromatic carbocycles. The maximum Gasteiger partial charge on any atom is 0.135 e. The van der Waals surface area contributed by atoms with Gasteiger partial charge in [0.2, 0.25) is 0 Å². The molecule has 0 radical (unpaired) electrons. The fourth-order valence-corrected chi connectivity index (χ4v) is 3.93. The molecule has 0 bridgehead atoms. The van der Waals surface area contributed by atoms with Crippen LogP contribution < -0.4 is 0 Å². The molecule has 0 N–H and O–H groups in total. The molecule has 1 heteroatoms. The Balaban J connectivity index is 1.60. The minimum atomic E-state index is 0.471. The van der Waals surface area contributed by atoms with Crippen LogP contribution >= 0.6 is 0 Å². The summed E-state index contributed by atoms with van der Waals surface area (Å²) in [5, 5.41) is 2.36. The number of para-hydroxylation sites is 1. The molecule has 1 atom stereocenters. The topological polar surface area (TPSA) is 13.1 Å². The lowest BCUT2D eigenvalue weighted by Crippen LogP contribution is -1.98. The van der Waals surface area contributed by atoms with Gasteiger partial charge in [-0.2, -0.15) is 0 Å². The monoisotopic (exact) mass is 336 g/mol. The Morgan fingerprint density at radius 2 is 1.65 bits per heavy atom. The Bertz CT molecular complexity index is 1170. The van der Waals surface area contributed by atoms with E-state index in [1.165, 1.54) is 33.0 Å². The highest BCUT2D eigenvalue weighted by Gasteiger charge is 2.12. The highest BCUT2D eigenvalue weighted by atomic mass is 16.3. The third-order valence-corrected chi connectivity index (χ3v) is 5.26. The zero-order valence-corrected chi connectivity index (χ0v) is 14.8. The van der Waals surface area contributed by atoms with Gasteiger partial charge in [0.15, 0.2) is 0 Å². The predicted molar refractivity (Wildman–Crippen MR) is 109 cm³/mol. The van der Waals surface area contributed by atoms with Gasteiger partial charge in [-0.1, -0.05) is 72.3 Å². The molecule has 0 spiro atoms. The van der Waals surface area contributed by atoms with Crippen LogP contribution in [0.15, 0.2) is 94.9 Å². The van der Waals surface area contributed by atoms with Gasteiger partial charge in [0.25, 0.3) is 0 Å². The highest BCUT2D eigenvalue weighted by Crippen LogP contribution is 2.34. The zero-order chi connectivity index (χ0) is 17.5. The number of rotatable bonds is 2. The average Bonchev–Trinajstić information content (AvgIpc) is 3.06. The van der Waals surface area contributed by atoms with E-state index in [1.54, 1.807) is 0 Å². The van der Waals surface area contributed by atoms with Gasteiger partial charge >= 0.3 is 0 Å². The first-order valence-corrected chi connectivity index (χ1v) is 9.14. The van der Waals surface area contributed by atoms with Gasteiger partial charge in [-0.05, 0) is 48.2 Å². The number of hydrogen-bond donors (Lipinski definition) is 0. The summed E-state index contributed by atoms with van der Waals surface area (Å²) in [5.74, 6) is 0.471. The lowest BCUT2D eigenvalue weighted by atomic mass is 9.88. The Morgan fingerprint density at radius 1 is 0.808 bits per heavy atom. The SMILES string of the molecule is CC1=CC(c2cccc(-c3ccc4oc5ccccc5c4c3)c2)CC=C1. The molecule has 0 saturated heterocycles. The lowest BCUT2D eigenvalue weighted by Gasteiger charge is -2.16. The highest BCUT2D eigenvalue weighted by molar-refractivity contribution is 6.06. The summed E-state index contributed by atoms with van der Waals surface area (Å²) < 4.78 is 5.96. The summed E-state index contributed by atoms with van der Waals surface area (Å²) >= 11 is 0. The second-order valence-corrected chi connectivity index (χ2v) is 7.09. The van der Waals surface area contributed by atoms with E-state index >= 15 is 0 Å². The molecule has 1 aliphatic carbocycles. The number of fused-ring (bicyclic) bond motifs is 3. The summed E-state index contributed by atoms with van der Waals surface area (Å²) in [6.07, 6.45) is 7.92. The number of benzene rings is 3. The van der Waals surface area contributed by atoms with Crippen LogP contribution in [-0.2, 0) is 0 Å². The van der Waals surface area contributed by atoms with Gasteiger partial charge in [-0.15, -0.1) is 0 Å². The molecule has 1 aromatic heterocycles. The molecule has 5 rings (SSSR count). The van der Waals surface area contributed by atoms with E-state index in [0.29, 0.717) is 5.92 Å². The van der Waals surface area contributed by atoms with Crippen molar-refractivity contribution in [3.05, 3.63) is 96.1 Å². The molecule has 1 heterocycles. The van der Waals surface area contributed by atoms with Crippen molar-refractivity contribution in [1.29, 1.82) is 0 Å². The number of allylic oxidation sites excluding steroid dienone is 4. The van der Waals surface area contributed by atoms with E-state index in [1.807, 2.05) is 12.1 Å². The Hall–Kier alpha value is -3.06. The van der Waals surface area contributed by atoms with E-state index in [9.17, 15) is 0 Å². The van der Waals surface area contributed by atoms with E-state index in [4.69, 9.17) is 4.42 Å². The lowest BCUT2D eigenvalue weighted by molar-refractivity contribution is 0.669. The molecule has 0 aliphatic heterocycles. The minimum absolute atomic E-state index is 0.471. The van der Waals surface area contributed by atoms with E-state index in [2.05, 4.69) is 79.7 Å². The van der Waals surface area contributed by atoms with Crippen molar-refractivity contribution in [3.63, 3.8) is 0 Å². The standard InChI is InChI=1S/C25H20O/c1-17-6-4-7-18(14-17)19-8-5-9-20(15-19)21-12-13-25-23(16-21)22-10-2-3-11-24(22)26-25/h2-6,8-16,18H,7H2,1H3. The van der Waals surface area contributed by atoms with Crippen LogP contribution in [0.1, 0.15) is 24.8 Å². The summed E-state index contributed by atoms with van der Waals surface area (Å²) in [5.41, 5.74) is 7.11. The quantitative estimate of drug-likeness (QED) is 0.376. The van der Waals surface area contributed by atoms with Crippen molar-refractivity contribution in [1.82, 2.24) is 0 Å². The Morgan fingerprint density at radius 3 is 2.58 bits per heavy atom. The van der Waals surface area contributed by atoms with Crippen molar-refractivity contribution in [2.24, 2.45) is 0 Å². The molecule has 26 heavy (non-hydrogen) atoms. The predicted octanol–water partition coefficient (Wildman–Crippen LogP) is 7.24. The Kier molecular flexibility index (Phi) is 3.53. The molecule has 0 fully saturated rings.